The van der Waals surface area contributed by atoms with E-state index in [9.17, 15) is 8.42 Å². The second kappa shape index (κ2) is 7.28. The third kappa shape index (κ3) is 3.68. The third-order valence-electron chi connectivity index (χ3n) is 5.09. The number of sulfonamides is 1. The van der Waals surface area contributed by atoms with E-state index in [2.05, 4.69) is 31.5 Å². The van der Waals surface area contributed by atoms with Crippen LogP contribution < -0.4 is 9.62 Å². The van der Waals surface area contributed by atoms with Gasteiger partial charge in [0.15, 0.2) is 0 Å². The molecule has 8 heteroatoms. The zero-order valence-corrected chi connectivity index (χ0v) is 16.0. The van der Waals surface area contributed by atoms with E-state index in [0.717, 1.165) is 54.8 Å². The van der Waals surface area contributed by atoms with Crippen molar-refractivity contribution in [2.24, 2.45) is 0 Å². The highest BCUT2D eigenvalue weighted by molar-refractivity contribution is 7.89. The van der Waals surface area contributed by atoms with Gasteiger partial charge in [-0.1, -0.05) is 19.1 Å². The number of rotatable bonds is 5. The second-order valence-electron chi connectivity index (χ2n) is 6.82. The van der Waals surface area contributed by atoms with Gasteiger partial charge < -0.3 is 9.88 Å². The molecule has 0 saturated carbocycles. The molecule has 0 unspecified atom stereocenters. The van der Waals surface area contributed by atoms with Gasteiger partial charge in [-0.2, -0.15) is 0 Å². The van der Waals surface area contributed by atoms with Crippen LogP contribution in [0.15, 0.2) is 47.8 Å². The summed E-state index contributed by atoms with van der Waals surface area (Å²) in [6.45, 7) is 3.55. The molecule has 0 aliphatic carbocycles. The maximum absolute atomic E-state index is 12.6. The smallest absolute Gasteiger partial charge is 0.240 e. The molecule has 2 aromatic heterocycles. The summed E-state index contributed by atoms with van der Waals surface area (Å²) >= 11 is 0. The summed E-state index contributed by atoms with van der Waals surface area (Å²) in [7, 11) is -3.49. The summed E-state index contributed by atoms with van der Waals surface area (Å²) in [5.41, 5.74) is 1.95. The molecule has 7 nitrogen and oxygen atoms in total. The van der Waals surface area contributed by atoms with E-state index in [-0.39, 0.29) is 6.04 Å². The topological polar surface area (TPSA) is 91.0 Å². The average Bonchev–Trinajstić information content (AvgIpc) is 3.17. The maximum Gasteiger partial charge on any atom is 0.240 e. The molecule has 3 aromatic rings. The van der Waals surface area contributed by atoms with Crippen molar-refractivity contribution in [1.82, 2.24) is 19.7 Å². The molecule has 142 valence electrons. The normalized spacial score (nSPS) is 16.1. The van der Waals surface area contributed by atoms with Crippen molar-refractivity contribution >= 4 is 26.9 Å². The van der Waals surface area contributed by atoms with Gasteiger partial charge in [-0.05, 0) is 43.0 Å². The zero-order valence-electron chi connectivity index (χ0n) is 15.2. The van der Waals surface area contributed by atoms with Crippen LogP contribution in [-0.4, -0.2) is 42.5 Å². The SMILES string of the molecule is CCc1ccc(S(=O)(=O)NC2CCN(c3ncnc4[nH]ccc34)CC2)cc1. The van der Waals surface area contributed by atoms with Crippen molar-refractivity contribution in [3.05, 3.63) is 48.4 Å². The van der Waals surface area contributed by atoms with Crippen LogP contribution in [0.1, 0.15) is 25.3 Å². The Morgan fingerprint density at radius 3 is 2.59 bits per heavy atom. The van der Waals surface area contributed by atoms with E-state index in [1.807, 2.05) is 24.4 Å². The van der Waals surface area contributed by atoms with E-state index < -0.39 is 10.0 Å². The maximum atomic E-state index is 12.6. The minimum atomic E-state index is -3.49. The Balaban J connectivity index is 1.42. The van der Waals surface area contributed by atoms with E-state index in [1.54, 1.807) is 18.5 Å². The van der Waals surface area contributed by atoms with Crippen LogP contribution in [0, 0.1) is 0 Å². The minimum absolute atomic E-state index is 0.0688. The number of aromatic nitrogens is 3. The first-order valence-electron chi connectivity index (χ1n) is 9.21. The molecule has 1 aliphatic heterocycles. The van der Waals surface area contributed by atoms with Crippen LogP contribution in [0.5, 0.6) is 0 Å². The molecule has 1 aliphatic rings. The van der Waals surface area contributed by atoms with Crippen molar-refractivity contribution < 1.29 is 8.42 Å². The predicted octanol–water partition coefficient (Wildman–Crippen LogP) is 2.47. The first-order chi connectivity index (χ1) is 13.1. The quantitative estimate of drug-likeness (QED) is 0.704. The first kappa shape index (κ1) is 17.9. The minimum Gasteiger partial charge on any atom is -0.356 e. The number of hydrogen-bond acceptors (Lipinski definition) is 5. The summed E-state index contributed by atoms with van der Waals surface area (Å²) in [6, 6.07) is 9.00. The molecule has 0 radical (unpaired) electrons. The highest BCUT2D eigenvalue weighted by Gasteiger charge is 2.26. The second-order valence-corrected chi connectivity index (χ2v) is 8.53. The molecule has 27 heavy (non-hydrogen) atoms. The van der Waals surface area contributed by atoms with Gasteiger partial charge in [0.05, 0.1) is 10.3 Å². The number of fused-ring (bicyclic) bond motifs is 1. The number of aromatic amines is 1. The van der Waals surface area contributed by atoms with Crippen molar-refractivity contribution in [1.29, 1.82) is 0 Å². The monoisotopic (exact) mass is 385 g/mol. The van der Waals surface area contributed by atoms with Crippen LogP contribution in [-0.2, 0) is 16.4 Å². The molecular formula is C19H23N5O2S. The average molecular weight is 385 g/mol. The van der Waals surface area contributed by atoms with Crippen LogP contribution in [0.2, 0.25) is 0 Å². The number of nitrogens with one attached hydrogen (secondary N) is 2. The van der Waals surface area contributed by atoms with Gasteiger partial charge in [-0.3, -0.25) is 0 Å². The number of aryl methyl sites for hydroxylation is 1. The summed E-state index contributed by atoms with van der Waals surface area (Å²) in [5.74, 6) is 0.901. The van der Waals surface area contributed by atoms with Gasteiger partial charge in [-0.25, -0.2) is 23.1 Å². The highest BCUT2D eigenvalue weighted by Crippen LogP contribution is 2.25. The Morgan fingerprint density at radius 2 is 1.89 bits per heavy atom. The van der Waals surface area contributed by atoms with Crippen LogP contribution in [0.3, 0.4) is 0 Å². The lowest BCUT2D eigenvalue weighted by Crippen LogP contribution is -2.44. The Kier molecular flexibility index (Phi) is 4.84. The number of H-pyrrole nitrogens is 1. The third-order valence-corrected chi connectivity index (χ3v) is 6.63. The predicted molar refractivity (Wildman–Crippen MR) is 105 cm³/mol. The summed E-state index contributed by atoms with van der Waals surface area (Å²) < 4.78 is 28.1. The lowest BCUT2D eigenvalue weighted by molar-refractivity contribution is 0.459. The lowest BCUT2D eigenvalue weighted by Gasteiger charge is -2.33. The molecule has 0 atom stereocenters. The fourth-order valence-electron chi connectivity index (χ4n) is 3.51. The van der Waals surface area contributed by atoms with E-state index in [1.165, 1.54) is 0 Å². The standard InChI is InChI=1S/C19H23N5O2S/c1-2-14-3-5-16(6-4-14)27(25,26)23-15-8-11-24(12-9-15)19-17-7-10-20-18(17)21-13-22-19/h3-7,10,13,15,23H,2,8-9,11-12H2,1H3,(H,20,21,22). The first-order valence-corrected chi connectivity index (χ1v) is 10.7. The van der Waals surface area contributed by atoms with E-state index >= 15 is 0 Å². The Morgan fingerprint density at radius 1 is 1.15 bits per heavy atom. The van der Waals surface area contributed by atoms with Crippen molar-refractivity contribution in [2.45, 2.75) is 37.1 Å². The summed E-state index contributed by atoms with van der Waals surface area (Å²) in [5, 5.41) is 0.993. The van der Waals surface area contributed by atoms with Gasteiger partial charge in [0.1, 0.15) is 17.8 Å². The fourth-order valence-corrected chi connectivity index (χ4v) is 4.82. The Hall–Kier alpha value is -2.45. The molecule has 3 heterocycles. The molecule has 0 spiro atoms. The largest absolute Gasteiger partial charge is 0.356 e. The number of piperidine rings is 1. The summed E-state index contributed by atoms with van der Waals surface area (Å²) in [4.78, 5) is 14.3. The van der Waals surface area contributed by atoms with Crippen LogP contribution in [0.25, 0.3) is 11.0 Å². The molecule has 0 bridgehead atoms. The molecule has 1 aromatic carbocycles. The molecule has 2 N–H and O–H groups in total. The van der Waals surface area contributed by atoms with Crippen LogP contribution in [0.4, 0.5) is 5.82 Å². The van der Waals surface area contributed by atoms with Crippen molar-refractivity contribution in [3.8, 4) is 0 Å². The number of benzene rings is 1. The zero-order chi connectivity index (χ0) is 18.9. The molecule has 1 saturated heterocycles. The van der Waals surface area contributed by atoms with Crippen LogP contribution >= 0.6 is 0 Å². The molecule has 4 rings (SSSR count). The fraction of sp³-hybridized carbons (Fsp3) is 0.368. The highest BCUT2D eigenvalue weighted by atomic mass is 32.2. The van der Waals surface area contributed by atoms with E-state index in [0.29, 0.717) is 4.90 Å². The number of nitrogens with zero attached hydrogens (tertiary/aromatic N) is 3. The Bertz CT molecular complexity index is 1020. The van der Waals surface area contributed by atoms with Gasteiger partial charge in [0, 0.05) is 25.3 Å². The van der Waals surface area contributed by atoms with Gasteiger partial charge in [0.25, 0.3) is 0 Å². The molecule has 0 amide bonds. The number of anilines is 1. The molecular weight excluding hydrogens is 362 g/mol. The number of hydrogen-bond donors (Lipinski definition) is 2. The van der Waals surface area contributed by atoms with Crippen molar-refractivity contribution in [2.75, 3.05) is 18.0 Å². The lowest BCUT2D eigenvalue weighted by atomic mass is 10.1. The van der Waals surface area contributed by atoms with E-state index in [4.69, 9.17) is 0 Å². The molecule has 1 fully saturated rings. The van der Waals surface area contributed by atoms with Gasteiger partial charge >= 0.3 is 0 Å². The Labute approximate surface area is 158 Å². The van der Waals surface area contributed by atoms with Gasteiger partial charge in [-0.15, -0.1) is 0 Å². The van der Waals surface area contributed by atoms with Crippen molar-refractivity contribution in [3.63, 3.8) is 0 Å². The van der Waals surface area contributed by atoms with Gasteiger partial charge in [0.2, 0.25) is 10.0 Å². The summed E-state index contributed by atoms with van der Waals surface area (Å²) in [6.07, 6.45) is 5.78.